The van der Waals surface area contributed by atoms with Crippen LogP contribution in [-0.4, -0.2) is 44.7 Å². The Labute approximate surface area is 334 Å². The van der Waals surface area contributed by atoms with Gasteiger partial charge in [0, 0.05) is 59.2 Å². The van der Waals surface area contributed by atoms with Gasteiger partial charge in [0.15, 0.2) is 0 Å². The number of carbonyl (C=O) groups excluding carboxylic acids is 2. The molecule has 10 heteroatoms. The summed E-state index contributed by atoms with van der Waals surface area (Å²) in [5, 5.41) is 0. The molecule has 2 aliphatic rings. The fourth-order valence-corrected chi connectivity index (χ4v) is 9.78. The standard InChI is InChI=1S/2C22H19ClN2OS/c2*1-15-6-2-3-8-17(15)19-13-25(14-20-18(19)12-21(23)27-20)22(26)10-9-16-7-4-5-11-24-16/h2*2-12,19H,13-14H2,1H3/b2*10-9+/t2*19-/m10/s1. The Morgan fingerprint density at radius 1 is 0.611 bits per heavy atom. The van der Waals surface area contributed by atoms with E-state index in [1.165, 1.54) is 43.1 Å². The van der Waals surface area contributed by atoms with Gasteiger partial charge in [-0.2, -0.15) is 0 Å². The van der Waals surface area contributed by atoms with Crippen LogP contribution in [0.15, 0.2) is 122 Å². The third-order valence-electron chi connectivity index (χ3n) is 9.77. The fourth-order valence-electron chi connectivity index (χ4n) is 7.06. The van der Waals surface area contributed by atoms with Crippen molar-refractivity contribution in [1.29, 1.82) is 0 Å². The minimum Gasteiger partial charge on any atom is -0.333 e. The van der Waals surface area contributed by atoms with Gasteiger partial charge in [-0.1, -0.05) is 83.9 Å². The first kappa shape index (κ1) is 37.5. The van der Waals surface area contributed by atoms with Crippen molar-refractivity contribution in [2.75, 3.05) is 13.1 Å². The van der Waals surface area contributed by atoms with Gasteiger partial charge in [-0.05, 0) is 95.8 Å². The molecule has 0 bridgehead atoms. The average molecular weight is 790 g/mol. The molecule has 2 amide bonds. The molecule has 8 rings (SSSR count). The molecule has 0 saturated carbocycles. The highest BCUT2D eigenvalue weighted by Gasteiger charge is 2.32. The van der Waals surface area contributed by atoms with Crippen molar-refractivity contribution in [3.8, 4) is 0 Å². The lowest BCUT2D eigenvalue weighted by Crippen LogP contribution is -2.37. The number of hydrogen-bond acceptors (Lipinski definition) is 6. The Morgan fingerprint density at radius 3 is 1.41 bits per heavy atom. The van der Waals surface area contributed by atoms with Crippen molar-refractivity contribution in [2.45, 2.75) is 38.8 Å². The molecular weight excluding hydrogens is 752 g/mol. The van der Waals surface area contributed by atoms with Crippen LogP contribution in [0, 0.1) is 13.8 Å². The van der Waals surface area contributed by atoms with E-state index >= 15 is 0 Å². The lowest BCUT2D eigenvalue weighted by atomic mass is 9.86. The van der Waals surface area contributed by atoms with E-state index in [1.807, 2.05) is 58.3 Å². The summed E-state index contributed by atoms with van der Waals surface area (Å²) >= 11 is 15.7. The first-order valence-corrected chi connectivity index (χ1v) is 20.1. The first-order valence-electron chi connectivity index (χ1n) is 17.7. The topological polar surface area (TPSA) is 66.4 Å². The Balaban J connectivity index is 0.000000167. The van der Waals surface area contributed by atoms with Crippen LogP contribution < -0.4 is 0 Å². The summed E-state index contributed by atoms with van der Waals surface area (Å²) < 4.78 is 1.55. The molecule has 6 nitrogen and oxygen atoms in total. The summed E-state index contributed by atoms with van der Waals surface area (Å²) in [6.45, 7) is 6.73. The largest absolute Gasteiger partial charge is 0.333 e. The van der Waals surface area contributed by atoms with Crippen molar-refractivity contribution in [3.05, 3.63) is 185 Å². The van der Waals surface area contributed by atoms with Crippen molar-refractivity contribution in [2.24, 2.45) is 0 Å². The predicted molar refractivity (Wildman–Crippen MR) is 222 cm³/mol. The van der Waals surface area contributed by atoms with Gasteiger partial charge in [0.05, 0.1) is 33.2 Å². The number of fused-ring (bicyclic) bond motifs is 2. The highest BCUT2D eigenvalue weighted by atomic mass is 35.5. The van der Waals surface area contributed by atoms with Crippen LogP contribution in [0.3, 0.4) is 0 Å². The summed E-state index contributed by atoms with van der Waals surface area (Å²) in [6, 6.07) is 32.1. The Hall–Kier alpha value is -4.86. The Bertz CT molecular complexity index is 2160. The Morgan fingerprint density at radius 2 is 1.02 bits per heavy atom. The summed E-state index contributed by atoms with van der Waals surface area (Å²) in [5.41, 5.74) is 9.01. The van der Waals surface area contributed by atoms with Crippen LogP contribution in [0.2, 0.25) is 8.67 Å². The van der Waals surface area contributed by atoms with Gasteiger partial charge in [0.2, 0.25) is 11.8 Å². The molecule has 2 atom stereocenters. The van der Waals surface area contributed by atoms with Crippen LogP contribution in [0.1, 0.15) is 66.4 Å². The van der Waals surface area contributed by atoms with Crippen molar-refractivity contribution in [1.82, 2.24) is 19.8 Å². The zero-order valence-electron chi connectivity index (χ0n) is 29.9. The number of pyridine rings is 2. The number of aryl methyl sites for hydroxylation is 2. The molecule has 2 aliphatic heterocycles. The molecule has 4 aromatic heterocycles. The van der Waals surface area contributed by atoms with Crippen molar-refractivity contribution < 1.29 is 9.59 Å². The summed E-state index contributed by atoms with van der Waals surface area (Å²) in [6.07, 6.45) is 10.2. The zero-order chi connectivity index (χ0) is 37.6. The van der Waals surface area contributed by atoms with Crippen LogP contribution >= 0.6 is 45.9 Å². The lowest BCUT2D eigenvalue weighted by molar-refractivity contribution is -0.127. The van der Waals surface area contributed by atoms with Gasteiger partial charge in [0.1, 0.15) is 0 Å². The third kappa shape index (κ3) is 8.74. The molecule has 54 heavy (non-hydrogen) atoms. The number of nitrogens with zero attached hydrogens (tertiary/aromatic N) is 4. The molecular formula is C44H38Cl2N4O2S2. The number of thiophene rings is 2. The third-order valence-corrected chi connectivity index (χ3v) is 12.3. The van der Waals surface area contributed by atoms with E-state index in [0.717, 1.165) is 20.1 Å². The number of benzene rings is 2. The maximum absolute atomic E-state index is 12.8. The summed E-state index contributed by atoms with van der Waals surface area (Å²) in [4.78, 5) is 40.3. The highest BCUT2D eigenvalue weighted by molar-refractivity contribution is 7.16. The van der Waals surface area contributed by atoms with Gasteiger partial charge in [-0.15, -0.1) is 22.7 Å². The molecule has 0 unspecified atom stereocenters. The molecule has 2 aromatic carbocycles. The minimum absolute atomic E-state index is 0.00518. The van der Waals surface area contributed by atoms with E-state index in [4.69, 9.17) is 23.2 Å². The average Bonchev–Trinajstić information content (AvgIpc) is 3.77. The SMILES string of the molecule is Cc1ccccc1[C@@H]1CN(C(=O)/C=C/c2ccccn2)Cc2sc(Cl)cc21.Cc1ccccc1[C@H]1CN(C(=O)/C=C/c2ccccn2)Cc2sc(Cl)cc21. The maximum atomic E-state index is 12.8. The van der Waals surface area contributed by atoms with Gasteiger partial charge in [-0.25, -0.2) is 0 Å². The summed E-state index contributed by atoms with van der Waals surface area (Å²) in [7, 11) is 0. The molecule has 0 radical (unpaired) electrons. The smallest absolute Gasteiger partial charge is 0.246 e. The minimum atomic E-state index is -0.00518. The van der Waals surface area contributed by atoms with E-state index in [9.17, 15) is 9.59 Å². The highest BCUT2D eigenvalue weighted by Crippen LogP contribution is 2.42. The number of carbonyl (C=O) groups is 2. The second kappa shape index (κ2) is 17.1. The fraction of sp³-hybridized carbons (Fsp3) is 0.182. The Kier molecular flexibility index (Phi) is 11.8. The van der Waals surface area contributed by atoms with Crippen LogP contribution in [0.5, 0.6) is 0 Å². The number of halogens is 2. The van der Waals surface area contributed by atoms with Crippen molar-refractivity contribution >= 4 is 69.8 Å². The number of hydrogen-bond donors (Lipinski definition) is 0. The predicted octanol–water partition coefficient (Wildman–Crippen LogP) is 10.6. The lowest BCUT2D eigenvalue weighted by Gasteiger charge is -2.33. The molecule has 272 valence electrons. The van der Waals surface area contributed by atoms with Gasteiger partial charge in [-0.3, -0.25) is 19.6 Å². The molecule has 6 aromatic rings. The molecule has 0 N–H and O–H groups in total. The van der Waals surface area contributed by atoms with E-state index in [1.54, 1.807) is 59.4 Å². The van der Waals surface area contributed by atoms with Gasteiger partial charge < -0.3 is 9.80 Å². The quantitative estimate of drug-likeness (QED) is 0.158. The van der Waals surface area contributed by atoms with Gasteiger partial charge in [0.25, 0.3) is 0 Å². The molecule has 0 saturated heterocycles. The molecule has 0 fully saturated rings. The van der Waals surface area contributed by atoms with Crippen LogP contribution in [-0.2, 0) is 22.7 Å². The first-order chi connectivity index (χ1) is 26.2. The second-order valence-electron chi connectivity index (χ2n) is 13.3. The van der Waals surface area contributed by atoms with Crippen molar-refractivity contribution in [3.63, 3.8) is 0 Å². The van der Waals surface area contributed by atoms with Crippen LogP contribution in [0.4, 0.5) is 0 Å². The monoisotopic (exact) mass is 788 g/mol. The van der Waals surface area contributed by atoms with E-state index in [0.29, 0.717) is 26.2 Å². The van der Waals surface area contributed by atoms with E-state index in [-0.39, 0.29) is 23.7 Å². The normalized spacial score (nSPS) is 16.5. The zero-order valence-corrected chi connectivity index (χ0v) is 33.0. The summed E-state index contributed by atoms with van der Waals surface area (Å²) in [5.74, 6) is 0.278. The number of rotatable bonds is 6. The molecule has 6 heterocycles. The van der Waals surface area contributed by atoms with Crippen LogP contribution in [0.25, 0.3) is 12.2 Å². The molecule has 0 aliphatic carbocycles. The maximum Gasteiger partial charge on any atom is 0.246 e. The van der Waals surface area contributed by atoms with Gasteiger partial charge >= 0.3 is 0 Å². The molecule has 0 spiro atoms. The number of amides is 2. The number of aromatic nitrogens is 2. The van der Waals surface area contributed by atoms with E-state index in [2.05, 4.69) is 72.3 Å². The second-order valence-corrected chi connectivity index (χ2v) is 16.8. The van der Waals surface area contributed by atoms with E-state index < -0.39 is 0 Å².